The number of carbonyl (C=O) groups is 2. The number of aromatic nitrogens is 1. The van der Waals surface area contributed by atoms with Crippen molar-refractivity contribution in [2.75, 3.05) is 39.5 Å². The van der Waals surface area contributed by atoms with Crippen molar-refractivity contribution in [3.8, 4) is 5.69 Å². The Hall–Kier alpha value is -2.48. The van der Waals surface area contributed by atoms with E-state index in [1.54, 1.807) is 0 Å². The summed E-state index contributed by atoms with van der Waals surface area (Å²) in [6, 6.07) is 5.95. The number of primary amides is 1. The maximum atomic E-state index is 12.9. The summed E-state index contributed by atoms with van der Waals surface area (Å²) in [5.74, 6) is 0.349. The van der Waals surface area contributed by atoms with Gasteiger partial charge >= 0.3 is 0 Å². The number of Topliss-reactive ketones (excluding diaryl/α,β-unsaturated/α-hetero) is 1. The number of benzene rings is 1. The van der Waals surface area contributed by atoms with Crippen molar-refractivity contribution in [1.29, 1.82) is 0 Å². The molecule has 1 aliphatic heterocycles. The number of nitrogens with zero attached hydrogens (tertiary/aromatic N) is 2. The lowest BCUT2D eigenvalue weighted by Gasteiger charge is -2.31. The van der Waals surface area contributed by atoms with Crippen LogP contribution in [0.5, 0.6) is 0 Å². The summed E-state index contributed by atoms with van der Waals surface area (Å²) in [5.41, 5.74) is 11.3. The molecule has 0 unspecified atom stereocenters. The topological polar surface area (TPSA) is 86.8 Å². The van der Waals surface area contributed by atoms with Crippen LogP contribution in [0.2, 0.25) is 0 Å². The van der Waals surface area contributed by atoms with E-state index in [9.17, 15) is 9.59 Å². The average Bonchev–Trinajstić information content (AvgIpc) is 3.20. The summed E-state index contributed by atoms with van der Waals surface area (Å²) in [7, 11) is 0. The van der Waals surface area contributed by atoms with Gasteiger partial charge in [-0.1, -0.05) is 13.8 Å². The lowest BCUT2D eigenvalue weighted by Crippen LogP contribution is -2.39. The van der Waals surface area contributed by atoms with Gasteiger partial charge in [0.1, 0.15) is 0 Å². The molecule has 38 heavy (non-hydrogen) atoms. The number of aryl methyl sites for hydroxylation is 1. The molecule has 2 fully saturated rings. The van der Waals surface area contributed by atoms with Gasteiger partial charge in [-0.2, -0.15) is 0 Å². The quantitative estimate of drug-likeness (QED) is 0.553. The monoisotopic (exact) mass is 521 g/mol. The fraction of sp³-hybridized carbons (Fsp3) is 0.613. The van der Waals surface area contributed by atoms with Gasteiger partial charge < -0.3 is 19.8 Å². The van der Waals surface area contributed by atoms with E-state index < -0.39 is 0 Å². The molecule has 0 atom stereocenters. The first-order valence-corrected chi connectivity index (χ1v) is 14.3. The molecule has 1 saturated carbocycles. The standard InChI is InChI=1S/C31H43N3O4/c1-21-20-34(27-18-31(2,3)19-28(35)29(21)27)24-6-9-26(30(32)36)23(17-24)16-22-4-7-25(8-5-22)38-15-12-33-10-13-37-14-11-33/h6,9,17,20,22,25H,4-5,7-8,10-16,18-19H2,1-3H3,(H2,32,36). The molecular weight excluding hydrogens is 478 g/mol. The van der Waals surface area contributed by atoms with Crippen molar-refractivity contribution in [1.82, 2.24) is 9.47 Å². The first kappa shape index (κ1) is 27.1. The second kappa shape index (κ2) is 11.3. The van der Waals surface area contributed by atoms with Crippen molar-refractivity contribution >= 4 is 11.7 Å². The molecule has 5 rings (SSSR count). The van der Waals surface area contributed by atoms with Crippen LogP contribution in [0, 0.1) is 18.3 Å². The molecule has 0 spiro atoms. The third kappa shape index (κ3) is 6.05. The van der Waals surface area contributed by atoms with Crippen molar-refractivity contribution in [2.24, 2.45) is 17.1 Å². The molecule has 7 heteroatoms. The van der Waals surface area contributed by atoms with E-state index in [1.165, 1.54) is 0 Å². The van der Waals surface area contributed by atoms with Crippen molar-refractivity contribution in [2.45, 2.75) is 71.8 Å². The molecule has 3 aliphatic rings. The predicted molar refractivity (Wildman–Crippen MR) is 148 cm³/mol. The van der Waals surface area contributed by atoms with Crippen LogP contribution in [-0.4, -0.2) is 66.7 Å². The zero-order valence-corrected chi connectivity index (χ0v) is 23.3. The summed E-state index contributed by atoms with van der Waals surface area (Å²) in [6.45, 7) is 11.7. The number of amides is 1. The van der Waals surface area contributed by atoms with E-state index in [1.807, 2.05) is 19.1 Å². The summed E-state index contributed by atoms with van der Waals surface area (Å²) < 4.78 is 13.8. The maximum Gasteiger partial charge on any atom is 0.248 e. The lowest BCUT2D eigenvalue weighted by atomic mass is 9.75. The van der Waals surface area contributed by atoms with E-state index in [-0.39, 0.29) is 17.1 Å². The predicted octanol–water partition coefficient (Wildman–Crippen LogP) is 4.49. The number of ketones is 1. The zero-order valence-electron chi connectivity index (χ0n) is 23.3. The Bertz CT molecular complexity index is 1170. The highest BCUT2D eigenvalue weighted by Crippen LogP contribution is 2.38. The minimum absolute atomic E-state index is 0.0640. The Balaban J connectivity index is 1.26. The van der Waals surface area contributed by atoms with Crippen LogP contribution in [-0.2, 0) is 22.3 Å². The van der Waals surface area contributed by atoms with Gasteiger partial charge in [0, 0.05) is 54.8 Å². The van der Waals surface area contributed by atoms with Gasteiger partial charge in [0.15, 0.2) is 5.78 Å². The van der Waals surface area contributed by atoms with Gasteiger partial charge in [-0.15, -0.1) is 0 Å². The molecular formula is C31H43N3O4. The van der Waals surface area contributed by atoms with Crippen LogP contribution < -0.4 is 5.73 Å². The first-order valence-electron chi connectivity index (χ1n) is 14.3. The molecule has 1 saturated heterocycles. The summed E-state index contributed by atoms with van der Waals surface area (Å²) in [6.07, 6.45) is 8.95. The Morgan fingerprint density at radius 2 is 1.87 bits per heavy atom. The molecule has 2 aromatic rings. The molecule has 1 amide bonds. The molecule has 2 heterocycles. The van der Waals surface area contributed by atoms with Gasteiger partial charge in [-0.25, -0.2) is 0 Å². The Morgan fingerprint density at radius 3 is 2.58 bits per heavy atom. The van der Waals surface area contributed by atoms with Crippen LogP contribution in [0.3, 0.4) is 0 Å². The van der Waals surface area contributed by atoms with Gasteiger partial charge in [-0.3, -0.25) is 14.5 Å². The van der Waals surface area contributed by atoms with Crippen LogP contribution in [0.15, 0.2) is 24.4 Å². The molecule has 2 N–H and O–H groups in total. The fourth-order valence-corrected chi connectivity index (χ4v) is 6.63. The van der Waals surface area contributed by atoms with Crippen molar-refractivity contribution in [3.05, 3.63) is 52.3 Å². The van der Waals surface area contributed by atoms with Crippen molar-refractivity contribution in [3.63, 3.8) is 0 Å². The Morgan fingerprint density at radius 1 is 1.13 bits per heavy atom. The maximum absolute atomic E-state index is 12.9. The smallest absolute Gasteiger partial charge is 0.248 e. The summed E-state index contributed by atoms with van der Waals surface area (Å²) in [4.78, 5) is 27.6. The molecule has 206 valence electrons. The molecule has 0 bridgehead atoms. The second-order valence-electron chi connectivity index (χ2n) is 12.3. The fourth-order valence-electron chi connectivity index (χ4n) is 6.63. The SMILES string of the molecule is Cc1cn(-c2ccc(C(N)=O)c(CC3CCC(OCCN4CCOCC4)CC3)c2)c2c1C(=O)CC(C)(C)C2. The third-order valence-corrected chi connectivity index (χ3v) is 8.66. The molecule has 1 aromatic heterocycles. The average molecular weight is 522 g/mol. The van der Waals surface area contributed by atoms with Gasteiger partial charge in [0.05, 0.1) is 25.9 Å². The number of hydrogen-bond acceptors (Lipinski definition) is 5. The highest BCUT2D eigenvalue weighted by Gasteiger charge is 2.35. The molecule has 7 nitrogen and oxygen atoms in total. The molecule has 2 aliphatic carbocycles. The minimum Gasteiger partial charge on any atom is -0.379 e. The number of carbonyl (C=O) groups excluding carboxylic acids is 2. The Kier molecular flexibility index (Phi) is 8.08. The normalized spacial score (nSPS) is 23.8. The lowest BCUT2D eigenvalue weighted by molar-refractivity contribution is -0.0131. The van der Waals surface area contributed by atoms with Gasteiger partial charge in [-0.05, 0) is 86.1 Å². The van der Waals surface area contributed by atoms with Crippen LogP contribution in [0.4, 0.5) is 0 Å². The van der Waals surface area contributed by atoms with E-state index in [0.29, 0.717) is 24.0 Å². The number of morpholine rings is 1. The van der Waals surface area contributed by atoms with Gasteiger partial charge in [0.2, 0.25) is 5.91 Å². The van der Waals surface area contributed by atoms with Crippen molar-refractivity contribution < 1.29 is 19.1 Å². The van der Waals surface area contributed by atoms with E-state index in [0.717, 1.165) is 106 Å². The van der Waals surface area contributed by atoms with E-state index >= 15 is 0 Å². The second-order valence-corrected chi connectivity index (χ2v) is 12.3. The van der Waals surface area contributed by atoms with Crippen LogP contribution >= 0.6 is 0 Å². The van der Waals surface area contributed by atoms with E-state index in [4.69, 9.17) is 15.2 Å². The Labute approximate surface area is 226 Å². The van der Waals surface area contributed by atoms with Crippen LogP contribution in [0.25, 0.3) is 5.69 Å². The third-order valence-electron chi connectivity index (χ3n) is 8.66. The summed E-state index contributed by atoms with van der Waals surface area (Å²) >= 11 is 0. The largest absolute Gasteiger partial charge is 0.379 e. The zero-order chi connectivity index (χ0) is 26.9. The first-order chi connectivity index (χ1) is 18.2. The van der Waals surface area contributed by atoms with Gasteiger partial charge in [0.25, 0.3) is 0 Å². The molecule has 0 radical (unpaired) electrons. The van der Waals surface area contributed by atoms with Crippen LogP contribution in [0.1, 0.15) is 83.5 Å². The van der Waals surface area contributed by atoms with E-state index in [2.05, 4.69) is 35.6 Å². The number of fused-ring (bicyclic) bond motifs is 1. The number of ether oxygens (including phenoxy) is 2. The highest BCUT2D eigenvalue weighted by atomic mass is 16.5. The number of hydrogen-bond donors (Lipinski definition) is 1. The summed E-state index contributed by atoms with van der Waals surface area (Å²) in [5, 5.41) is 0. The molecule has 1 aromatic carbocycles. The minimum atomic E-state index is -0.381. The number of rotatable bonds is 8. The number of nitrogens with two attached hydrogens (primary N) is 1. The highest BCUT2D eigenvalue weighted by molar-refractivity contribution is 6.00.